The molecule has 0 aliphatic rings. The van der Waals surface area contributed by atoms with Crippen LogP contribution >= 0.6 is 34.0 Å². The number of thiol groups is 1. The molecule has 3 rings (SSSR count). The molecule has 0 radical (unpaired) electrons. The van der Waals surface area contributed by atoms with Gasteiger partial charge in [0.15, 0.2) is 11.6 Å². The van der Waals surface area contributed by atoms with Gasteiger partial charge in [0, 0.05) is 46.4 Å². The first kappa shape index (κ1) is 23.6. The Morgan fingerprint density at radius 3 is 2.81 bits per heavy atom. The summed E-state index contributed by atoms with van der Waals surface area (Å²) in [6, 6.07) is 7.28. The molecule has 1 unspecified atom stereocenters. The van der Waals surface area contributed by atoms with Gasteiger partial charge in [0.25, 0.3) is 0 Å². The number of aliphatic hydroxyl groups excluding tert-OH is 1. The summed E-state index contributed by atoms with van der Waals surface area (Å²) in [5.41, 5.74) is 7.53. The van der Waals surface area contributed by atoms with Gasteiger partial charge in [-0.1, -0.05) is 12.8 Å². The van der Waals surface area contributed by atoms with E-state index in [2.05, 4.69) is 27.0 Å². The molecule has 10 heteroatoms. The third kappa shape index (κ3) is 5.60. The molecule has 3 aromatic rings. The van der Waals surface area contributed by atoms with E-state index in [1.165, 1.54) is 36.6 Å². The molecule has 31 heavy (non-hydrogen) atoms. The van der Waals surface area contributed by atoms with Crippen LogP contribution in [0.4, 0.5) is 8.78 Å². The summed E-state index contributed by atoms with van der Waals surface area (Å²) in [5.74, 6) is 0.516. The minimum atomic E-state index is -0.548. The Kier molecular flexibility index (Phi) is 8.37. The molecular weight excluding hydrogens is 459 g/mol. The number of hydrogen-bond donors (Lipinski definition) is 3. The Morgan fingerprint density at radius 2 is 2.06 bits per heavy atom. The average Bonchev–Trinajstić information content (AvgIpc) is 3.12. The third-order valence-corrected chi connectivity index (χ3v) is 6.01. The highest BCUT2D eigenvalue weighted by Gasteiger charge is 2.19. The molecule has 2 aromatic carbocycles. The fourth-order valence-corrected chi connectivity index (χ4v) is 4.10. The Balaban J connectivity index is 2.01. The van der Waals surface area contributed by atoms with Crippen molar-refractivity contribution in [2.45, 2.75) is 6.42 Å². The highest BCUT2D eigenvalue weighted by atomic mass is 32.2. The zero-order valence-corrected chi connectivity index (χ0v) is 19.3. The Hall–Kier alpha value is -2.06. The number of aromatic nitrogens is 1. The molecule has 0 amide bonds. The maximum Gasteiger partial charge on any atom is 0.168 e. The largest absolute Gasteiger partial charge is 0.454 e. The summed E-state index contributed by atoms with van der Waals surface area (Å²) in [7, 11) is 2.16. The molecule has 0 fully saturated rings. The van der Waals surface area contributed by atoms with Gasteiger partial charge in [0.2, 0.25) is 0 Å². The summed E-state index contributed by atoms with van der Waals surface area (Å²) in [5, 5.41) is 9.82. The van der Waals surface area contributed by atoms with E-state index in [4.69, 9.17) is 15.6 Å². The second-order valence-corrected chi connectivity index (χ2v) is 8.46. The van der Waals surface area contributed by atoms with Crippen LogP contribution in [-0.4, -0.2) is 33.4 Å². The Labute approximate surface area is 191 Å². The van der Waals surface area contributed by atoms with Crippen LogP contribution in [0.3, 0.4) is 0 Å². The lowest BCUT2D eigenvalue weighted by Gasteiger charge is -2.15. The molecule has 3 N–H and O–H groups in total. The van der Waals surface area contributed by atoms with Crippen LogP contribution in [0.25, 0.3) is 16.6 Å². The number of aryl methyl sites for hydroxylation is 1. The molecule has 1 heterocycles. The SMILES string of the molecule is N/C(=C\C=N\P)c1cc(Oc2c(F)cc3c(ccn3S)c2CCSCCO)ccc1F. The number of ether oxygens (including phenoxy) is 1. The van der Waals surface area contributed by atoms with E-state index < -0.39 is 11.6 Å². The first-order chi connectivity index (χ1) is 15.0. The van der Waals surface area contributed by atoms with E-state index in [0.717, 1.165) is 5.39 Å². The Morgan fingerprint density at radius 1 is 1.26 bits per heavy atom. The van der Waals surface area contributed by atoms with E-state index in [9.17, 15) is 4.39 Å². The van der Waals surface area contributed by atoms with Crippen molar-refractivity contribution in [3.63, 3.8) is 0 Å². The van der Waals surface area contributed by atoms with E-state index in [-0.39, 0.29) is 29.4 Å². The molecule has 5 nitrogen and oxygen atoms in total. The average molecular weight is 482 g/mol. The second-order valence-electron chi connectivity index (χ2n) is 6.51. The molecule has 0 spiro atoms. The van der Waals surface area contributed by atoms with E-state index in [1.54, 1.807) is 21.9 Å². The van der Waals surface area contributed by atoms with Crippen molar-refractivity contribution in [3.05, 3.63) is 65.4 Å². The number of benzene rings is 2. The highest BCUT2D eigenvalue weighted by Crippen LogP contribution is 2.37. The van der Waals surface area contributed by atoms with Crippen molar-refractivity contribution in [3.8, 4) is 11.5 Å². The minimum Gasteiger partial charge on any atom is -0.454 e. The zero-order chi connectivity index (χ0) is 22.4. The van der Waals surface area contributed by atoms with Crippen molar-refractivity contribution >= 4 is 56.8 Å². The van der Waals surface area contributed by atoms with Crippen molar-refractivity contribution in [1.29, 1.82) is 0 Å². The quantitative estimate of drug-likeness (QED) is 0.177. The van der Waals surface area contributed by atoms with Crippen molar-refractivity contribution < 1.29 is 18.6 Å². The van der Waals surface area contributed by atoms with Crippen LogP contribution in [0, 0.1) is 11.6 Å². The molecule has 0 saturated heterocycles. The lowest BCUT2D eigenvalue weighted by molar-refractivity contribution is 0.322. The van der Waals surface area contributed by atoms with Gasteiger partial charge in [-0.05, 0) is 51.9 Å². The predicted molar refractivity (Wildman–Crippen MR) is 131 cm³/mol. The number of fused-ring (bicyclic) bond motifs is 1. The second kappa shape index (κ2) is 11.0. The molecule has 164 valence electrons. The summed E-state index contributed by atoms with van der Waals surface area (Å²) < 4.78 is 40.5. The zero-order valence-electron chi connectivity index (χ0n) is 16.5. The number of aliphatic hydroxyl groups is 1. The van der Waals surface area contributed by atoms with Crippen LogP contribution in [0.5, 0.6) is 11.5 Å². The van der Waals surface area contributed by atoms with E-state index in [1.807, 2.05) is 6.07 Å². The highest BCUT2D eigenvalue weighted by molar-refractivity contribution is 7.99. The number of nitrogens with two attached hydrogens (primary N) is 1. The van der Waals surface area contributed by atoms with Gasteiger partial charge in [-0.15, -0.1) is 0 Å². The van der Waals surface area contributed by atoms with E-state index in [0.29, 0.717) is 29.0 Å². The van der Waals surface area contributed by atoms with Gasteiger partial charge in [-0.25, -0.2) is 8.78 Å². The lowest BCUT2D eigenvalue weighted by Crippen LogP contribution is -2.02. The fourth-order valence-electron chi connectivity index (χ4n) is 3.10. The number of halogens is 2. The van der Waals surface area contributed by atoms with Crippen molar-refractivity contribution in [1.82, 2.24) is 3.97 Å². The molecule has 1 aromatic heterocycles. The summed E-state index contributed by atoms with van der Waals surface area (Å²) >= 11 is 5.88. The van der Waals surface area contributed by atoms with E-state index >= 15 is 4.39 Å². The number of thioether (sulfide) groups is 1. The molecule has 1 atom stereocenters. The first-order valence-electron chi connectivity index (χ1n) is 9.33. The lowest BCUT2D eigenvalue weighted by atomic mass is 10.1. The minimum absolute atomic E-state index is 0.0725. The number of hydrogen-bond acceptors (Lipinski definition) is 6. The van der Waals surface area contributed by atoms with Gasteiger partial charge < -0.3 is 15.6 Å². The van der Waals surface area contributed by atoms with Gasteiger partial charge in [-0.2, -0.15) is 11.8 Å². The van der Waals surface area contributed by atoms with Gasteiger partial charge in [0.1, 0.15) is 11.6 Å². The number of nitrogens with zero attached hydrogens (tertiary/aromatic N) is 2. The summed E-state index contributed by atoms with van der Waals surface area (Å²) in [6.07, 6.45) is 5.13. The predicted octanol–water partition coefficient (Wildman–Crippen LogP) is 4.83. The van der Waals surface area contributed by atoms with Crippen molar-refractivity contribution in [2.24, 2.45) is 10.5 Å². The van der Waals surface area contributed by atoms with Crippen LogP contribution in [-0.2, 0) is 6.42 Å². The maximum absolute atomic E-state index is 15.1. The van der Waals surface area contributed by atoms with Gasteiger partial charge >= 0.3 is 0 Å². The molecule has 0 bridgehead atoms. The third-order valence-electron chi connectivity index (χ3n) is 4.53. The molecule has 0 saturated carbocycles. The molecular formula is C21H22F2N3O2PS2. The summed E-state index contributed by atoms with van der Waals surface area (Å²) in [6.45, 7) is 0.0777. The topological polar surface area (TPSA) is 72.8 Å². The molecule has 0 aliphatic carbocycles. The summed E-state index contributed by atoms with van der Waals surface area (Å²) in [4.78, 5) is 0. The standard InChI is InChI=1S/C21H22F2N3O2PS2/c22-17-2-1-13(11-16(17)19(24)3-6-25-29)28-21-15(5-9-31-10-8-27)14-4-7-26(30)20(14)12-18(21)23/h1-4,6-7,11-12,27,30H,5,8-10,24,29H2/b19-3-,25-6+. The van der Waals surface area contributed by atoms with Crippen LogP contribution in [0.15, 0.2) is 47.4 Å². The van der Waals surface area contributed by atoms with Crippen molar-refractivity contribution in [2.75, 3.05) is 18.1 Å². The van der Waals surface area contributed by atoms with Gasteiger partial charge in [0.05, 0.1) is 12.1 Å². The first-order valence-corrected chi connectivity index (χ1v) is 11.4. The monoisotopic (exact) mass is 481 g/mol. The van der Waals surface area contributed by atoms with Gasteiger partial charge in [-0.3, -0.25) is 8.74 Å². The smallest absolute Gasteiger partial charge is 0.168 e. The van der Waals surface area contributed by atoms with Crippen LogP contribution < -0.4 is 10.5 Å². The Bertz CT molecular complexity index is 1140. The number of allylic oxidation sites excluding steroid dienone is 1. The van der Waals surface area contributed by atoms with Crippen LogP contribution in [0.2, 0.25) is 0 Å². The molecule has 0 aliphatic heterocycles. The normalized spacial score (nSPS) is 12.2. The van der Waals surface area contributed by atoms with Crippen LogP contribution in [0.1, 0.15) is 11.1 Å². The maximum atomic E-state index is 15.1. The fraction of sp³-hybridized carbons (Fsp3) is 0.190. The number of rotatable bonds is 9.